The van der Waals surface area contributed by atoms with E-state index < -0.39 is 12.0 Å². The number of rotatable bonds is 5. The lowest BCUT2D eigenvalue weighted by molar-refractivity contribution is -0.125. The van der Waals surface area contributed by atoms with E-state index in [-0.39, 0.29) is 6.54 Å². The minimum atomic E-state index is -1.29. The normalized spacial score (nSPS) is 12.1. The number of nitrogens with one attached hydrogen (secondary N) is 1. The molecule has 0 radical (unpaired) electrons. The summed E-state index contributed by atoms with van der Waals surface area (Å²) in [6.45, 7) is -0.0530. The molecule has 0 fully saturated rings. The highest BCUT2D eigenvalue weighted by molar-refractivity contribution is 5.79. The molecule has 1 heterocycles. The zero-order valence-corrected chi connectivity index (χ0v) is 9.39. The molecule has 0 aliphatic carbocycles. The van der Waals surface area contributed by atoms with Crippen LogP contribution in [0.1, 0.15) is 0 Å². The Kier molecular flexibility index (Phi) is 3.49. The molecule has 18 heavy (non-hydrogen) atoms. The van der Waals surface area contributed by atoms with Gasteiger partial charge in [-0.25, -0.2) is 0 Å². The van der Waals surface area contributed by atoms with Crippen molar-refractivity contribution in [1.82, 2.24) is 20.2 Å². The molecule has 1 aromatic heterocycles. The number of hydrogen-bond donors (Lipinski definition) is 3. The molecule has 2 rings (SSSR count). The third-order valence-corrected chi connectivity index (χ3v) is 2.25. The first-order valence-electron chi connectivity index (χ1n) is 5.23. The average Bonchev–Trinajstić information content (AvgIpc) is 2.85. The fourth-order valence-corrected chi connectivity index (χ4v) is 1.33. The van der Waals surface area contributed by atoms with Gasteiger partial charge >= 0.3 is 0 Å². The maximum atomic E-state index is 10.7. The van der Waals surface area contributed by atoms with Crippen molar-refractivity contribution >= 4 is 11.9 Å². The molecule has 0 saturated carbocycles. The summed E-state index contributed by atoms with van der Waals surface area (Å²) >= 11 is 0. The third-order valence-electron chi connectivity index (χ3n) is 2.25. The summed E-state index contributed by atoms with van der Waals surface area (Å²) in [6.07, 6.45) is -1.29. The minimum absolute atomic E-state index is 0.0530. The molecule has 0 aliphatic rings. The van der Waals surface area contributed by atoms with E-state index in [2.05, 4.69) is 20.8 Å². The van der Waals surface area contributed by atoms with E-state index in [4.69, 9.17) is 5.73 Å². The van der Waals surface area contributed by atoms with Crippen molar-refractivity contribution in [2.24, 2.45) is 5.73 Å². The number of primary amides is 1. The van der Waals surface area contributed by atoms with E-state index in [1.165, 1.54) is 4.68 Å². The molecule has 1 amide bonds. The van der Waals surface area contributed by atoms with Crippen LogP contribution < -0.4 is 11.1 Å². The van der Waals surface area contributed by atoms with Crippen LogP contribution in [0.4, 0.5) is 5.95 Å². The van der Waals surface area contributed by atoms with Crippen molar-refractivity contribution in [3.05, 3.63) is 30.3 Å². The van der Waals surface area contributed by atoms with Gasteiger partial charge in [-0.2, -0.15) is 4.68 Å². The number of benzene rings is 1. The van der Waals surface area contributed by atoms with Gasteiger partial charge < -0.3 is 16.2 Å². The van der Waals surface area contributed by atoms with E-state index in [0.717, 1.165) is 5.69 Å². The molecule has 1 unspecified atom stereocenters. The van der Waals surface area contributed by atoms with Gasteiger partial charge in [0.25, 0.3) is 0 Å². The maximum Gasteiger partial charge on any atom is 0.248 e. The Morgan fingerprint density at radius 2 is 2.17 bits per heavy atom. The summed E-state index contributed by atoms with van der Waals surface area (Å²) in [4.78, 5) is 10.7. The molecule has 0 aliphatic heterocycles. The number of aliphatic hydroxyl groups is 1. The van der Waals surface area contributed by atoms with Crippen LogP contribution in [0.2, 0.25) is 0 Å². The van der Waals surface area contributed by atoms with Crippen molar-refractivity contribution in [2.75, 3.05) is 11.9 Å². The number of nitrogens with zero attached hydrogens (tertiary/aromatic N) is 4. The second-order valence-electron chi connectivity index (χ2n) is 3.55. The molecule has 0 saturated heterocycles. The van der Waals surface area contributed by atoms with Crippen molar-refractivity contribution in [1.29, 1.82) is 0 Å². The zero-order valence-electron chi connectivity index (χ0n) is 9.39. The summed E-state index contributed by atoms with van der Waals surface area (Å²) in [5.74, 6) is -0.484. The van der Waals surface area contributed by atoms with Crippen molar-refractivity contribution in [3.8, 4) is 5.69 Å². The van der Waals surface area contributed by atoms with Crippen molar-refractivity contribution in [3.63, 3.8) is 0 Å². The van der Waals surface area contributed by atoms with E-state index in [0.29, 0.717) is 5.95 Å². The number of aromatic nitrogens is 4. The summed E-state index contributed by atoms with van der Waals surface area (Å²) in [5.41, 5.74) is 5.70. The molecular weight excluding hydrogens is 236 g/mol. The maximum absolute atomic E-state index is 10.7. The van der Waals surface area contributed by atoms with Crippen LogP contribution in [0, 0.1) is 0 Å². The van der Waals surface area contributed by atoms with Gasteiger partial charge in [-0.05, 0) is 22.6 Å². The van der Waals surface area contributed by atoms with Crippen molar-refractivity contribution in [2.45, 2.75) is 6.10 Å². The largest absolute Gasteiger partial charge is 0.381 e. The SMILES string of the molecule is NC(=O)C(O)CNc1nnnn1-c1ccccc1. The molecule has 8 heteroatoms. The van der Waals surface area contributed by atoms with Gasteiger partial charge in [0.05, 0.1) is 12.2 Å². The number of aliphatic hydroxyl groups excluding tert-OH is 1. The fourth-order valence-electron chi connectivity index (χ4n) is 1.33. The van der Waals surface area contributed by atoms with Gasteiger partial charge in [-0.1, -0.05) is 23.3 Å². The van der Waals surface area contributed by atoms with Gasteiger partial charge in [-0.15, -0.1) is 0 Å². The monoisotopic (exact) mass is 248 g/mol. The Balaban J connectivity index is 2.12. The molecule has 1 aromatic carbocycles. The lowest BCUT2D eigenvalue weighted by atomic mass is 10.3. The first-order valence-corrected chi connectivity index (χ1v) is 5.23. The van der Waals surface area contributed by atoms with Crippen molar-refractivity contribution < 1.29 is 9.90 Å². The number of tetrazole rings is 1. The highest BCUT2D eigenvalue weighted by atomic mass is 16.3. The second kappa shape index (κ2) is 5.23. The summed E-state index contributed by atoms with van der Waals surface area (Å²) in [5, 5.41) is 23.1. The summed E-state index contributed by atoms with van der Waals surface area (Å²) in [7, 11) is 0. The third kappa shape index (κ3) is 2.61. The molecule has 0 spiro atoms. The van der Waals surface area contributed by atoms with Crippen LogP contribution in [-0.4, -0.2) is 43.9 Å². The van der Waals surface area contributed by atoms with Gasteiger partial charge in [0.15, 0.2) is 0 Å². The smallest absolute Gasteiger partial charge is 0.248 e. The van der Waals surface area contributed by atoms with Crippen LogP contribution >= 0.6 is 0 Å². The molecule has 1 atom stereocenters. The fraction of sp³-hybridized carbons (Fsp3) is 0.200. The molecular formula is C10H12N6O2. The van der Waals surface area contributed by atoms with Crippen LogP contribution in [0.5, 0.6) is 0 Å². The Morgan fingerprint density at radius 1 is 1.44 bits per heavy atom. The number of carbonyl (C=O) groups is 1. The highest BCUT2D eigenvalue weighted by Crippen LogP contribution is 2.10. The van der Waals surface area contributed by atoms with E-state index in [1.807, 2.05) is 30.3 Å². The second-order valence-corrected chi connectivity index (χ2v) is 3.55. The Hall–Kier alpha value is -2.48. The zero-order chi connectivity index (χ0) is 13.0. The van der Waals surface area contributed by atoms with E-state index in [1.54, 1.807) is 0 Å². The number of nitrogens with two attached hydrogens (primary N) is 1. The lowest BCUT2D eigenvalue weighted by Gasteiger charge is -2.09. The first-order chi connectivity index (χ1) is 8.68. The summed E-state index contributed by atoms with van der Waals surface area (Å²) in [6, 6.07) is 9.22. The van der Waals surface area contributed by atoms with Gasteiger partial charge in [0.1, 0.15) is 6.10 Å². The Bertz CT molecular complexity index is 526. The van der Waals surface area contributed by atoms with Gasteiger partial charge in [-0.3, -0.25) is 4.79 Å². The molecule has 94 valence electrons. The Labute approximate surface area is 102 Å². The number of hydrogen-bond acceptors (Lipinski definition) is 6. The predicted molar refractivity (Wildman–Crippen MR) is 62.8 cm³/mol. The molecule has 2 aromatic rings. The molecule has 8 nitrogen and oxygen atoms in total. The van der Waals surface area contributed by atoms with Gasteiger partial charge in [0, 0.05) is 0 Å². The lowest BCUT2D eigenvalue weighted by Crippen LogP contribution is -2.34. The van der Waals surface area contributed by atoms with Crippen LogP contribution in [0.15, 0.2) is 30.3 Å². The highest BCUT2D eigenvalue weighted by Gasteiger charge is 2.13. The van der Waals surface area contributed by atoms with Crippen LogP contribution in [0.3, 0.4) is 0 Å². The molecule has 4 N–H and O–H groups in total. The Morgan fingerprint density at radius 3 is 2.83 bits per heavy atom. The minimum Gasteiger partial charge on any atom is -0.381 e. The topological polar surface area (TPSA) is 119 Å². The van der Waals surface area contributed by atoms with Gasteiger partial charge in [0.2, 0.25) is 11.9 Å². The quantitative estimate of drug-likeness (QED) is 0.619. The van der Waals surface area contributed by atoms with Crippen LogP contribution in [0.25, 0.3) is 5.69 Å². The first kappa shape index (κ1) is 12.0. The average molecular weight is 248 g/mol. The van der Waals surface area contributed by atoms with Crippen LogP contribution in [-0.2, 0) is 4.79 Å². The van der Waals surface area contributed by atoms with E-state index in [9.17, 15) is 9.90 Å². The number of carbonyl (C=O) groups excluding carboxylic acids is 1. The molecule has 0 bridgehead atoms. The summed E-state index contributed by atoms with van der Waals surface area (Å²) < 4.78 is 1.45. The standard InChI is InChI=1S/C10H12N6O2/c11-9(18)8(17)6-12-10-13-14-15-16(10)7-4-2-1-3-5-7/h1-5,8,17H,6H2,(H2,11,18)(H,12,13,15). The van der Waals surface area contributed by atoms with E-state index >= 15 is 0 Å². The predicted octanol–water partition coefficient (Wildman–Crippen LogP) is -1.08. The number of amides is 1. The number of anilines is 1. The number of para-hydroxylation sites is 1.